The molecule has 1 aromatic carbocycles. The first-order chi connectivity index (χ1) is 12.1. The zero-order valence-corrected chi connectivity index (χ0v) is 15.1. The zero-order valence-electron chi connectivity index (χ0n) is 15.1. The highest BCUT2D eigenvalue weighted by Crippen LogP contribution is 2.23. The lowest BCUT2D eigenvalue weighted by molar-refractivity contribution is -0.140. The number of benzene rings is 1. The lowest BCUT2D eigenvalue weighted by Crippen LogP contribution is -2.38. The molecule has 2 aromatic rings. The van der Waals surface area contributed by atoms with Crippen LogP contribution in [0.4, 0.5) is 19.0 Å². The van der Waals surface area contributed by atoms with Crippen molar-refractivity contribution in [3.05, 3.63) is 41.6 Å². The van der Waals surface area contributed by atoms with E-state index in [2.05, 4.69) is 9.97 Å². The van der Waals surface area contributed by atoms with Gasteiger partial charge >= 0.3 is 6.18 Å². The Hall–Kier alpha value is -2.64. The first-order valence-corrected chi connectivity index (χ1v) is 8.09. The summed E-state index contributed by atoms with van der Waals surface area (Å²) in [5.74, 6) is 0.471. The fourth-order valence-electron chi connectivity index (χ4n) is 2.54. The predicted octanol–water partition coefficient (Wildman–Crippen LogP) is 3.54. The van der Waals surface area contributed by atoms with E-state index >= 15 is 0 Å². The molecule has 0 aliphatic rings. The molecule has 0 N–H and O–H groups in total. The average molecular weight is 366 g/mol. The summed E-state index contributed by atoms with van der Waals surface area (Å²) in [5, 5.41) is 0. The van der Waals surface area contributed by atoms with Crippen LogP contribution < -0.4 is 4.90 Å². The maximum absolute atomic E-state index is 12.7. The molecule has 0 bridgehead atoms. The number of aromatic nitrogens is 2. The molecular formula is C18H21F3N4O. The number of carbonyl (C=O) groups excluding carboxylic acids is 1. The van der Waals surface area contributed by atoms with Crippen LogP contribution >= 0.6 is 0 Å². The smallest absolute Gasteiger partial charge is 0.362 e. The van der Waals surface area contributed by atoms with Crippen molar-refractivity contribution in [2.75, 3.05) is 32.1 Å². The van der Waals surface area contributed by atoms with E-state index in [0.717, 1.165) is 16.3 Å². The minimum atomic E-state index is -4.44. The molecule has 0 saturated carbocycles. The molecule has 0 radical (unpaired) electrons. The monoisotopic (exact) mass is 366 g/mol. The van der Waals surface area contributed by atoms with E-state index in [1.807, 2.05) is 25.9 Å². The van der Waals surface area contributed by atoms with Crippen LogP contribution in [0.3, 0.4) is 0 Å². The number of halogens is 3. The third-order valence-electron chi connectivity index (χ3n) is 3.78. The quantitative estimate of drug-likeness (QED) is 0.812. The SMILES string of the molecule is CCN(CC(F)(F)F)C(=O)c1cccc(-c2ncc(C)c(N(C)C)n2)c1. The van der Waals surface area contributed by atoms with Gasteiger partial charge in [-0.2, -0.15) is 13.2 Å². The number of nitrogens with zero attached hydrogens (tertiary/aromatic N) is 4. The van der Waals surface area contributed by atoms with Gasteiger partial charge < -0.3 is 9.80 Å². The molecule has 0 fully saturated rings. The van der Waals surface area contributed by atoms with Gasteiger partial charge in [0, 0.05) is 43.5 Å². The number of hydrogen-bond donors (Lipinski definition) is 0. The van der Waals surface area contributed by atoms with Gasteiger partial charge in [0.25, 0.3) is 5.91 Å². The summed E-state index contributed by atoms with van der Waals surface area (Å²) >= 11 is 0. The molecule has 0 saturated heterocycles. The molecule has 0 spiro atoms. The Balaban J connectivity index is 2.36. The molecule has 0 aliphatic carbocycles. The Bertz CT molecular complexity index is 790. The van der Waals surface area contributed by atoms with Gasteiger partial charge in [0.15, 0.2) is 5.82 Å². The summed E-state index contributed by atoms with van der Waals surface area (Å²) in [6.07, 6.45) is -2.77. The van der Waals surface area contributed by atoms with Crippen molar-refractivity contribution in [1.29, 1.82) is 0 Å². The van der Waals surface area contributed by atoms with Crippen LogP contribution in [-0.4, -0.2) is 54.1 Å². The van der Waals surface area contributed by atoms with Crippen LogP contribution in [0.5, 0.6) is 0 Å². The molecule has 1 aromatic heterocycles. The number of hydrogen-bond acceptors (Lipinski definition) is 4. The maximum atomic E-state index is 12.7. The highest BCUT2D eigenvalue weighted by atomic mass is 19.4. The predicted molar refractivity (Wildman–Crippen MR) is 94.2 cm³/mol. The summed E-state index contributed by atoms with van der Waals surface area (Å²) in [6, 6.07) is 6.35. The van der Waals surface area contributed by atoms with Gasteiger partial charge in [0.1, 0.15) is 12.4 Å². The minimum absolute atomic E-state index is 0.0334. The molecule has 8 heteroatoms. The molecule has 0 atom stereocenters. The topological polar surface area (TPSA) is 49.3 Å². The van der Waals surface area contributed by atoms with Gasteiger partial charge in [-0.3, -0.25) is 4.79 Å². The third-order valence-corrected chi connectivity index (χ3v) is 3.78. The summed E-state index contributed by atoms with van der Waals surface area (Å²) in [4.78, 5) is 23.8. The Morgan fingerprint density at radius 1 is 1.23 bits per heavy atom. The van der Waals surface area contributed by atoms with E-state index in [-0.39, 0.29) is 12.1 Å². The van der Waals surface area contributed by atoms with Gasteiger partial charge in [-0.15, -0.1) is 0 Å². The zero-order chi connectivity index (χ0) is 19.5. The van der Waals surface area contributed by atoms with Crippen LogP contribution in [0.2, 0.25) is 0 Å². The Morgan fingerprint density at radius 3 is 2.50 bits per heavy atom. The Morgan fingerprint density at radius 2 is 1.92 bits per heavy atom. The summed E-state index contributed by atoms with van der Waals surface area (Å²) in [6.45, 7) is 2.09. The summed E-state index contributed by atoms with van der Waals surface area (Å²) in [7, 11) is 3.71. The van der Waals surface area contributed by atoms with Crippen molar-refractivity contribution in [3.8, 4) is 11.4 Å². The van der Waals surface area contributed by atoms with Crippen LogP contribution in [0, 0.1) is 6.92 Å². The third kappa shape index (κ3) is 4.71. The van der Waals surface area contributed by atoms with Crippen LogP contribution in [-0.2, 0) is 0 Å². The van der Waals surface area contributed by atoms with Gasteiger partial charge in [0.05, 0.1) is 0 Å². The largest absolute Gasteiger partial charge is 0.406 e. The highest BCUT2D eigenvalue weighted by Gasteiger charge is 2.32. The molecule has 0 unspecified atom stereocenters. The van der Waals surface area contributed by atoms with E-state index in [1.54, 1.807) is 18.3 Å². The molecule has 1 amide bonds. The number of anilines is 1. The second-order valence-corrected chi connectivity index (χ2v) is 6.11. The van der Waals surface area contributed by atoms with Crippen molar-refractivity contribution in [1.82, 2.24) is 14.9 Å². The van der Waals surface area contributed by atoms with E-state index in [9.17, 15) is 18.0 Å². The van der Waals surface area contributed by atoms with Crippen LogP contribution in [0.15, 0.2) is 30.5 Å². The van der Waals surface area contributed by atoms with Crippen LogP contribution in [0.25, 0.3) is 11.4 Å². The second kappa shape index (κ2) is 7.72. The average Bonchev–Trinajstić information content (AvgIpc) is 2.58. The van der Waals surface area contributed by atoms with E-state index in [1.165, 1.54) is 19.1 Å². The number of rotatable bonds is 5. The fourth-order valence-corrected chi connectivity index (χ4v) is 2.54. The van der Waals surface area contributed by atoms with Crippen molar-refractivity contribution in [3.63, 3.8) is 0 Å². The molecule has 140 valence electrons. The summed E-state index contributed by atoms with van der Waals surface area (Å²) in [5.41, 5.74) is 1.64. The molecule has 5 nitrogen and oxygen atoms in total. The first-order valence-electron chi connectivity index (χ1n) is 8.09. The lowest BCUT2D eigenvalue weighted by atomic mass is 10.1. The van der Waals surface area contributed by atoms with Crippen molar-refractivity contribution in [2.45, 2.75) is 20.0 Å². The van der Waals surface area contributed by atoms with Gasteiger partial charge in [-0.05, 0) is 26.0 Å². The highest BCUT2D eigenvalue weighted by molar-refractivity contribution is 5.95. The van der Waals surface area contributed by atoms with E-state index in [0.29, 0.717) is 11.4 Å². The number of amides is 1. The number of carbonyl (C=O) groups is 1. The normalized spacial score (nSPS) is 11.3. The maximum Gasteiger partial charge on any atom is 0.406 e. The fraction of sp³-hybridized carbons (Fsp3) is 0.389. The molecule has 0 aliphatic heterocycles. The van der Waals surface area contributed by atoms with Crippen molar-refractivity contribution in [2.24, 2.45) is 0 Å². The molecule has 2 rings (SSSR count). The molecular weight excluding hydrogens is 345 g/mol. The van der Waals surface area contributed by atoms with Crippen molar-refractivity contribution >= 4 is 11.7 Å². The van der Waals surface area contributed by atoms with Gasteiger partial charge in [-0.25, -0.2) is 9.97 Å². The number of aryl methyl sites for hydroxylation is 1. The number of alkyl halides is 3. The Kier molecular flexibility index (Phi) is 5.84. The lowest BCUT2D eigenvalue weighted by Gasteiger charge is -2.22. The molecule has 1 heterocycles. The van der Waals surface area contributed by atoms with E-state index in [4.69, 9.17) is 0 Å². The van der Waals surface area contributed by atoms with E-state index < -0.39 is 18.6 Å². The Labute approximate surface area is 150 Å². The summed E-state index contributed by atoms with van der Waals surface area (Å²) < 4.78 is 38.0. The first kappa shape index (κ1) is 19.7. The van der Waals surface area contributed by atoms with Crippen LogP contribution in [0.1, 0.15) is 22.8 Å². The second-order valence-electron chi connectivity index (χ2n) is 6.11. The molecule has 26 heavy (non-hydrogen) atoms. The van der Waals surface area contributed by atoms with Gasteiger partial charge in [0.2, 0.25) is 0 Å². The van der Waals surface area contributed by atoms with Crippen molar-refractivity contribution < 1.29 is 18.0 Å². The minimum Gasteiger partial charge on any atom is -0.362 e. The standard InChI is InChI=1S/C18H21F3N4O/c1-5-25(11-18(19,20)21)17(26)14-8-6-7-13(9-14)15-22-10-12(2)16(23-15)24(3)4/h6-10H,5,11H2,1-4H3. The van der Waals surface area contributed by atoms with Gasteiger partial charge in [-0.1, -0.05) is 12.1 Å².